The number of ether oxygens (including phenoxy) is 1. The average Bonchev–Trinajstić information content (AvgIpc) is 2.43. The first-order chi connectivity index (χ1) is 10.2. The van der Waals surface area contributed by atoms with Crippen molar-refractivity contribution in [2.24, 2.45) is 11.7 Å². The van der Waals surface area contributed by atoms with Gasteiger partial charge in [-0.1, -0.05) is 26.0 Å². The minimum absolute atomic E-state index is 0.112. The number of amides is 3. The highest BCUT2D eigenvalue weighted by molar-refractivity contribution is 7.84. The summed E-state index contributed by atoms with van der Waals surface area (Å²) >= 11 is 0. The molecule has 1 rings (SSSR count). The maximum atomic E-state index is 12.2. The van der Waals surface area contributed by atoms with E-state index < -0.39 is 34.8 Å². The topological polar surface area (TPSA) is 116 Å². The molecule has 3 N–H and O–H groups in total. The van der Waals surface area contributed by atoms with E-state index >= 15 is 0 Å². The van der Waals surface area contributed by atoms with Crippen LogP contribution in [0.15, 0.2) is 29.2 Å². The number of rotatable bonds is 5. The van der Waals surface area contributed by atoms with Crippen LogP contribution in [0.1, 0.15) is 24.2 Å². The summed E-state index contributed by atoms with van der Waals surface area (Å²) in [6.45, 7) is 3.31. The monoisotopic (exact) mass is 326 g/mol. The molecule has 22 heavy (non-hydrogen) atoms. The molecule has 3 amide bonds. The van der Waals surface area contributed by atoms with E-state index in [-0.39, 0.29) is 11.5 Å². The van der Waals surface area contributed by atoms with Gasteiger partial charge in [0, 0.05) is 6.26 Å². The zero-order chi connectivity index (χ0) is 16.9. The zero-order valence-electron chi connectivity index (χ0n) is 12.5. The van der Waals surface area contributed by atoms with E-state index in [2.05, 4.69) is 0 Å². The van der Waals surface area contributed by atoms with Crippen molar-refractivity contribution >= 4 is 28.7 Å². The number of nitrogens with two attached hydrogens (primary N) is 1. The van der Waals surface area contributed by atoms with Gasteiger partial charge in [0.25, 0.3) is 5.91 Å². The number of nitrogens with one attached hydrogen (secondary N) is 1. The van der Waals surface area contributed by atoms with Crippen LogP contribution in [0.5, 0.6) is 0 Å². The van der Waals surface area contributed by atoms with Gasteiger partial charge < -0.3 is 10.5 Å². The van der Waals surface area contributed by atoms with E-state index in [4.69, 9.17) is 10.5 Å². The van der Waals surface area contributed by atoms with Crippen LogP contribution >= 0.6 is 0 Å². The lowest BCUT2D eigenvalue weighted by atomic mass is 10.1. The van der Waals surface area contributed by atoms with Gasteiger partial charge in [0.1, 0.15) is 0 Å². The summed E-state index contributed by atoms with van der Waals surface area (Å²) in [6, 6.07) is 5.22. The Balaban J connectivity index is 3.00. The third-order valence-electron chi connectivity index (χ3n) is 2.76. The molecule has 0 aliphatic heterocycles. The standard InChI is InChI=1S/C14H18N2O5S/c1-8(2)11(12(17)16-14(15)19)21-13(18)9-6-4-5-7-10(9)22(3)20/h4-8,11H,1-3H3,(H3,15,16,17,19)/t11-,22-/m0/s1. The third kappa shape index (κ3) is 4.66. The molecular weight excluding hydrogens is 308 g/mol. The number of carbonyl (C=O) groups excluding carboxylic acids is 3. The van der Waals surface area contributed by atoms with Gasteiger partial charge in [0.15, 0.2) is 6.10 Å². The highest BCUT2D eigenvalue weighted by Gasteiger charge is 2.28. The second-order valence-electron chi connectivity index (χ2n) is 4.87. The summed E-state index contributed by atoms with van der Waals surface area (Å²) < 4.78 is 16.8. The molecule has 2 atom stereocenters. The second kappa shape index (κ2) is 7.69. The molecule has 1 aromatic rings. The lowest BCUT2D eigenvalue weighted by Gasteiger charge is -2.20. The fourth-order valence-electron chi connectivity index (χ4n) is 1.75. The van der Waals surface area contributed by atoms with Crippen LogP contribution in [0, 0.1) is 5.92 Å². The molecule has 0 bridgehead atoms. The van der Waals surface area contributed by atoms with Crippen molar-refractivity contribution in [2.75, 3.05) is 6.26 Å². The molecule has 0 aromatic heterocycles. The van der Waals surface area contributed by atoms with Crippen molar-refractivity contribution in [1.29, 1.82) is 0 Å². The molecule has 0 unspecified atom stereocenters. The fourth-order valence-corrected chi connectivity index (χ4v) is 2.48. The maximum Gasteiger partial charge on any atom is 0.340 e. The van der Waals surface area contributed by atoms with E-state index in [1.807, 2.05) is 5.32 Å². The average molecular weight is 326 g/mol. The molecule has 0 heterocycles. The van der Waals surface area contributed by atoms with Crippen molar-refractivity contribution in [3.63, 3.8) is 0 Å². The van der Waals surface area contributed by atoms with Gasteiger partial charge in [0.05, 0.1) is 21.3 Å². The Morgan fingerprint density at radius 2 is 1.82 bits per heavy atom. The molecule has 7 nitrogen and oxygen atoms in total. The maximum absolute atomic E-state index is 12.2. The first kappa shape index (κ1) is 17.8. The van der Waals surface area contributed by atoms with Gasteiger partial charge in [-0.2, -0.15) is 0 Å². The summed E-state index contributed by atoms with van der Waals surface area (Å²) in [5, 5.41) is 1.88. The number of primary amides is 1. The summed E-state index contributed by atoms with van der Waals surface area (Å²) in [6.07, 6.45) is 0.254. The van der Waals surface area contributed by atoms with Crippen molar-refractivity contribution in [2.45, 2.75) is 24.8 Å². The summed E-state index contributed by atoms with van der Waals surface area (Å²) in [7, 11) is -1.38. The molecule has 0 aliphatic rings. The van der Waals surface area contributed by atoms with Crippen LogP contribution in [0.4, 0.5) is 4.79 Å². The summed E-state index contributed by atoms with van der Waals surface area (Å²) in [4.78, 5) is 35.1. The Hall–Kier alpha value is -2.22. The number of urea groups is 1. The lowest BCUT2D eigenvalue weighted by Crippen LogP contribution is -2.45. The number of esters is 1. The minimum atomic E-state index is -1.38. The lowest BCUT2D eigenvalue weighted by molar-refractivity contribution is -0.130. The number of carbonyl (C=O) groups is 3. The first-order valence-electron chi connectivity index (χ1n) is 6.47. The quantitative estimate of drug-likeness (QED) is 0.777. The minimum Gasteiger partial charge on any atom is -0.448 e. The Kier molecular flexibility index (Phi) is 6.24. The largest absolute Gasteiger partial charge is 0.448 e. The zero-order valence-corrected chi connectivity index (χ0v) is 13.3. The fraction of sp³-hybridized carbons (Fsp3) is 0.357. The van der Waals surface area contributed by atoms with E-state index in [1.54, 1.807) is 32.0 Å². The van der Waals surface area contributed by atoms with Crippen LogP contribution in [-0.2, 0) is 20.3 Å². The van der Waals surface area contributed by atoms with Crippen LogP contribution in [0.3, 0.4) is 0 Å². The first-order valence-corrected chi connectivity index (χ1v) is 8.03. The molecule has 0 spiro atoms. The molecule has 0 aliphatic carbocycles. The van der Waals surface area contributed by atoms with Gasteiger partial charge in [-0.3, -0.25) is 14.3 Å². The van der Waals surface area contributed by atoms with Gasteiger partial charge in [-0.25, -0.2) is 9.59 Å². The highest BCUT2D eigenvalue weighted by Crippen LogP contribution is 2.17. The molecule has 0 saturated carbocycles. The molecule has 1 aromatic carbocycles. The van der Waals surface area contributed by atoms with Gasteiger partial charge in [-0.15, -0.1) is 0 Å². The predicted molar refractivity (Wildman–Crippen MR) is 80.5 cm³/mol. The SMILES string of the molecule is CC(C)[C@H](OC(=O)c1ccccc1[S@](C)=O)C(=O)NC(N)=O. The summed E-state index contributed by atoms with van der Waals surface area (Å²) in [5.41, 5.74) is 5.00. The number of hydrogen-bond acceptors (Lipinski definition) is 5. The molecule has 120 valence electrons. The molecule has 0 radical (unpaired) electrons. The van der Waals surface area contributed by atoms with E-state index in [0.29, 0.717) is 4.90 Å². The smallest absolute Gasteiger partial charge is 0.340 e. The Bertz CT molecular complexity index is 615. The van der Waals surface area contributed by atoms with Gasteiger partial charge in [-0.05, 0) is 18.1 Å². The van der Waals surface area contributed by atoms with Crippen LogP contribution in [0.2, 0.25) is 0 Å². The molecule has 8 heteroatoms. The van der Waals surface area contributed by atoms with Crippen molar-refractivity contribution in [1.82, 2.24) is 5.32 Å². The Morgan fingerprint density at radius 1 is 1.23 bits per heavy atom. The third-order valence-corrected chi connectivity index (χ3v) is 3.74. The Labute approximate surface area is 130 Å². The van der Waals surface area contributed by atoms with E-state index in [0.717, 1.165) is 0 Å². The normalized spacial score (nSPS) is 13.3. The van der Waals surface area contributed by atoms with Gasteiger partial charge in [0.2, 0.25) is 0 Å². The molecule has 0 saturated heterocycles. The van der Waals surface area contributed by atoms with Crippen LogP contribution in [0.25, 0.3) is 0 Å². The number of benzene rings is 1. The van der Waals surface area contributed by atoms with Crippen LogP contribution < -0.4 is 11.1 Å². The predicted octanol–water partition coefficient (Wildman–Crippen LogP) is 0.800. The van der Waals surface area contributed by atoms with E-state index in [9.17, 15) is 18.6 Å². The molecule has 0 fully saturated rings. The van der Waals surface area contributed by atoms with Crippen LogP contribution in [-0.4, -0.2) is 34.5 Å². The summed E-state index contributed by atoms with van der Waals surface area (Å²) in [5.74, 6) is -1.96. The van der Waals surface area contributed by atoms with Crippen molar-refractivity contribution in [3.05, 3.63) is 29.8 Å². The molecular formula is C14H18N2O5S. The van der Waals surface area contributed by atoms with Gasteiger partial charge >= 0.3 is 12.0 Å². The van der Waals surface area contributed by atoms with E-state index in [1.165, 1.54) is 12.3 Å². The number of imide groups is 1. The number of hydrogen-bond donors (Lipinski definition) is 2. The highest BCUT2D eigenvalue weighted by atomic mass is 32.2. The Morgan fingerprint density at radius 3 is 2.32 bits per heavy atom. The van der Waals surface area contributed by atoms with Crippen molar-refractivity contribution < 1.29 is 23.3 Å². The van der Waals surface area contributed by atoms with Crippen molar-refractivity contribution in [3.8, 4) is 0 Å². The second-order valence-corrected chi connectivity index (χ2v) is 6.22.